The number of hydrogen-bond donors (Lipinski definition) is 1. The second-order valence-corrected chi connectivity index (χ2v) is 7.96. The zero-order chi connectivity index (χ0) is 14.7. The minimum Gasteiger partial charge on any atom is -0.317 e. The summed E-state index contributed by atoms with van der Waals surface area (Å²) >= 11 is 0. The Morgan fingerprint density at radius 1 is 1.00 bits per heavy atom. The van der Waals surface area contributed by atoms with Gasteiger partial charge >= 0.3 is 0 Å². The molecule has 2 heteroatoms. The topological polar surface area (TPSA) is 15.3 Å². The van der Waals surface area contributed by atoms with Crippen molar-refractivity contribution in [2.45, 2.75) is 71.9 Å². The van der Waals surface area contributed by atoms with Gasteiger partial charge in [0.2, 0.25) is 0 Å². The molecule has 0 heterocycles. The molecule has 0 saturated heterocycles. The van der Waals surface area contributed by atoms with Gasteiger partial charge in [-0.3, -0.25) is 0 Å². The van der Waals surface area contributed by atoms with Crippen molar-refractivity contribution in [2.75, 3.05) is 20.1 Å². The second-order valence-electron chi connectivity index (χ2n) is 7.96. The third kappa shape index (κ3) is 4.46. The first kappa shape index (κ1) is 16.3. The normalized spacial score (nSPS) is 31.5. The number of hydrogen-bond acceptors (Lipinski definition) is 2. The molecule has 0 radical (unpaired) electrons. The van der Waals surface area contributed by atoms with Gasteiger partial charge in [0.25, 0.3) is 0 Å². The van der Waals surface area contributed by atoms with Gasteiger partial charge in [-0.1, -0.05) is 13.8 Å². The lowest BCUT2D eigenvalue weighted by atomic mass is 9.73. The summed E-state index contributed by atoms with van der Waals surface area (Å²) in [5.41, 5.74) is 0. The lowest BCUT2D eigenvalue weighted by Crippen LogP contribution is -2.47. The molecule has 118 valence electrons. The molecule has 2 nitrogen and oxygen atoms in total. The highest BCUT2D eigenvalue weighted by Crippen LogP contribution is 2.36. The average Bonchev–Trinajstić information content (AvgIpc) is 3.21. The van der Waals surface area contributed by atoms with Crippen LogP contribution in [0.2, 0.25) is 0 Å². The van der Waals surface area contributed by atoms with Crippen LogP contribution in [-0.2, 0) is 0 Å². The van der Waals surface area contributed by atoms with Crippen LogP contribution in [0.4, 0.5) is 0 Å². The summed E-state index contributed by atoms with van der Waals surface area (Å²) in [6.45, 7) is 12.2. The Balaban J connectivity index is 1.94. The maximum atomic E-state index is 3.60. The SMILES string of the molecule is CNC1CCC(C(C)C)CC1CN(CC1CC1)C(C)C. The Morgan fingerprint density at radius 2 is 1.70 bits per heavy atom. The van der Waals surface area contributed by atoms with Crippen molar-refractivity contribution >= 4 is 0 Å². The van der Waals surface area contributed by atoms with Crippen LogP contribution < -0.4 is 5.32 Å². The van der Waals surface area contributed by atoms with Crippen LogP contribution in [0, 0.1) is 23.7 Å². The molecule has 0 spiro atoms. The Hall–Kier alpha value is -0.0800. The van der Waals surface area contributed by atoms with Crippen molar-refractivity contribution in [2.24, 2.45) is 23.7 Å². The highest BCUT2D eigenvalue weighted by Gasteiger charge is 2.34. The second kappa shape index (κ2) is 7.26. The largest absolute Gasteiger partial charge is 0.317 e. The van der Waals surface area contributed by atoms with E-state index in [9.17, 15) is 0 Å². The third-order valence-corrected chi connectivity index (χ3v) is 5.73. The smallest absolute Gasteiger partial charge is 0.0105 e. The van der Waals surface area contributed by atoms with E-state index in [1.807, 2.05) is 0 Å². The minimum atomic E-state index is 0.701. The standard InChI is InChI=1S/C18H36N2/c1-13(2)16-8-9-18(19-5)17(10-16)12-20(14(3)4)11-15-6-7-15/h13-19H,6-12H2,1-5H3. The molecule has 2 saturated carbocycles. The number of rotatable bonds is 7. The molecule has 20 heavy (non-hydrogen) atoms. The van der Waals surface area contributed by atoms with Crippen molar-refractivity contribution in [3.63, 3.8) is 0 Å². The van der Waals surface area contributed by atoms with Gasteiger partial charge in [-0.05, 0) is 76.7 Å². The molecule has 3 atom stereocenters. The van der Waals surface area contributed by atoms with Crippen LogP contribution in [0.15, 0.2) is 0 Å². The van der Waals surface area contributed by atoms with E-state index in [4.69, 9.17) is 0 Å². The van der Waals surface area contributed by atoms with Crippen molar-refractivity contribution in [3.8, 4) is 0 Å². The zero-order valence-corrected chi connectivity index (χ0v) is 14.4. The Morgan fingerprint density at radius 3 is 2.20 bits per heavy atom. The van der Waals surface area contributed by atoms with Crippen LogP contribution in [0.25, 0.3) is 0 Å². The molecule has 0 aromatic heterocycles. The van der Waals surface area contributed by atoms with Gasteiger partial charge < -0.3 is 10.2 Å². The first-order valence-electron chi connectivity index (χ1n) is 8.92. The highest BCUT2D eigenvalue weighted by molar-refractivity contribution is 4.88. The highest BCUT2D eigenvalue weighted by atomic mass is 15.2. The van der Waals surface area contributed by atoms with Crippen molar-refractivity contribution in [1.82, 2.24) is 10.2 Å². The van der Waals surface area contributed by atoms with Crippen LogP contribution >= 0.6 is 0 Å². The monoisotopic (exact) mass is 280 g/mol. The summed E-state index contributed by atoms with van der Waals surface area (Å²) in [7, 11) is 2.16. The molecule has 1 N–H and O–H groups in total. The Labute approximate surface area is 126 Å². The maximum absolute atomic E-state index is 3.60. The van der Waals surface area contributed by atoms with E-state index < -0.39 is 0 Å². The molecule has 0 aliphatic heterocycles. The first-order chi connectivity index (χ1) is 9.51. The van der Waals surface area contributed by atoms with Gasteiger partial charge in [0.05, 0.1) is 0 Å². The van der Waals surface area contributed by atoms with Gasteiger partial charge in [-0.25, -0.2) is 0 Å². The van der Waals surface area contributed by atoms with Crippen LogP contribution in [-0.4, -0.2) is 37.1 Å². The quantitative estimate of drug-likeness (QED) is 0.764. The number of nitrogens with one attached hydrogen (secondary N) is 1. The van der Waals surface area contributed by atoms with Crippen LogP contribution in [0.3, 0.4) is 0 Å². The van der Waals surface area contributed by atoms with E-state index in [1.54, 1.807) is 0 Å². The van der Waals surface area contributed by atoms with E-state index in [1.165, 1.54) is 45.2 Å². The van der Waals surface area contributed by atoms with Crippen LogP contribution in [0.5, 0.6) is 0 Å². The fourth-order valence-electron chi connectivity index (χ4n) is 3.92. The summed E-state index contributed by atoms with van der Waals surface area (Å²) in [6.07, 6.45) is 7.16. The molecule has 2 aliphatic rings. The number of nitrogens with zero attached hydrogens (tertiary/aromatic N) is 1. The van der Waals surface area contributed by atoms with Gasteiger partial charge in [-0.2, -0.15) is 0 Å². The predicted octanol–water partition coefficient (Wildman–Crippen LogP) is 3.77. The van der Waals surface area contributed by atoms with E-state index in [2.05, 4.69) is 45.0 Å². The lowest BCUT2D eigenvalue weighted by Gasteiger charge is -2.41. The van der Waals surface area contributed by atoms with Gasteiger partial charge in [0, 0.05) is 25.2 Å². The fourth-order valence-corrected chi connectivity index (χ4v) is 3.92. The Kier molecular flexibility index (Phi) is 5.92. The summed E-state index contributed by atoms with van der Waals surface area (Å²) < 4.78 is 0. The van der Waals surface area contributed by atoms with Crippen LogP contribution in [0.1, 0.15) is 59.8 Å². The van der Waals surface area contributed by atoms with Gasteiger partial charge in [0.15, 0.2) is 0 Å². The first-order valence-corrected chi connectivity index (χ1v) is 8.92. The summed E-state index contributed by atoms with van der Waals surface area (Å²) in [6, 6.07) is 1.44. The molecule has 0 amide bonds. The molecule has 0 bridgehead atoms. The molecule has 0 aromatic rings. The minimum absolute atomic E-state index is 0.701. The molecular formula is C18H36N2. The molecule has 3 unspecified atom stereocenters. The molecule has 2 rings (SSSR count). The average molecular weight is 280 g/mol. The maximum Gasteiger partial charge on any atom is 0.0105 e. The van der Waals surface area contributed by atoms with E-state index in [0.717, 1.165) is 29.7 Å². The molecule has 2 aliphatic carbocycles. The summed E-state index contributed by atoms with van der Waals surface area (Å²) in [4.78, 5) is 2.76. The van der Waals surface area contributed by atoms with Crippen molar-refractivity contribution in [1.29, 1.82) is 0 Å². The molecular weight excluding hydrogens is 244 g/mol. The molecule has 2 fully saturated rings. The van der Waals surface area contributed by atoms with Crippen molar-refractivity contribution < 1.29 is 0 Å². The van der Waals surface area contributed by atoms with Crippen molar-refractivity contribution in [3.05, 3.63) is 0 Å². The lowest BCUT2D eigenvalue weighted by molar-refractivity contribution is 0.105. The predicted molar refractivity (Wildman–Crippen MR) is 87.9 cm³/mol. The van der Waals surface area contributed by atoms with E-state index in [-0.39, 0.29) is 0 Å². The van der Waals surface area contributed by atoms with Gasteiger partial charge in [0.1, 0.15) is 0 Å². The van der Waals surface area contributed by atoms with Gasteiger partial charge in [-0.15, -0.1) is 0 Å². The summed E-state index contributed by atoms with van der Waals surface area (Å²) in [5.74, 6) is 3.66. The third-order valence-electron chi connectivity index (χ3n) is 5.73. The zero-order valence-electron chi connectivity index (χ0n) is 14.4. The fraction of sp³-hybridized carbons (Fsp3) is 1.00. The Bertz CT molecular complexity index is 283. The van der Waals surface area contributed by atoms with E-state index in [0.29, 0.717) is 6.04 Å². The summed E-state index contributed by atoms with van der Waals surface area (Å²) in [5, 5.41) is 3.60. The molecule has 0 aromatic carbocycles. The van der Waals surface area contributed by atoms with E-state index >= 15 is 0 Å².